The maximum atomic E-state index is 11.8. The van der Waals surface area contributed by atoms with E-state index in [1.54, 1.807) is 13.8 Å². The molecule has 0 aliphatic heterocycles. The van der Waals surface area contributed by atoms with Crippen LogP contribution in [0.1, 0.15) is 37.0 Å². The van der Waals surface area contributed by atoms with Crippen molar-refractivity contribution in [2.75, 3.05) is 6.61 Å². The summed E-state index contributed by atoms with van der Waals surface area (Å²) in [6.45, 7) is 7.94. The summed E-state index contributed by atoms with van der Waals surface area (Å²) in [5.74, 6) is -1.03. The Hall–Kier alpha value is -1.92. The van der Waals surface area contributed by atoms with E-state index in [2.05, 4.69) is 10.3 Å². The summed E-state index contributed by atoms with van der Waals surface area (Å²) in [5, 5.41) is 7.64. The van der Waals surface area contributed by atoms with Gasteiger partial charge in [-0.1, -0.05) is 26.0 Å². The number of hydrogen-bond acceptors (Lipinski definition) is 5. The van der Waals surface area contributed by atoms with Gasteiger partial charge in [0.25, 0.3) is 0 Å². The molecule has 1 unspecified atom stereocenters. The number of nitrogens with zero attached hydrogens (tertiary/aromatic N) is 3. The fourth-order valence-corrected chi connectivity index (χ4v) is 1.38. The smallest absolute Gasteiger partial charge is 0.360 e. The molecule has 0 fully saturated rings. The molecule has 2 N–H and O–H groups in total. The van der Waals surface area contributed by atoms with Gasteiger partial charge in [0, 0.05) is 0 Å². The van der Waals surface area contributed by atoms with Crippen molar-refractivity contribution in [3.8, 4) is 0 Å². The Morgan fingerprint density at radius 2 is 2.00 bits per heavy atom. The highest BCUT2D eigenvalue weighted by Crippen LogP contribution is 2.09. The minimum absolute atomic E-state index is 0.178. The van der Waals surface area contributed by atoms with E-state index in [9.17, 15) is 9.59 Å². The maximum Gasteiger partial charge on any atom is 0.360 e. The van der Waals surface area contributed by atoms with Crippen LogP contribution in [0.4, 0.5) is 0 Å². The zero-order chi connectivity index (χ0) is 14.6. The van der Waals surface area contributed by atoms with Crippen LogP contribution in [0.25, 0.3) is 0 Å². The monoisotopic (exact) mass is 268 g/mol. The minimum Gasteiger partial charge on any atom is -0.461 e. The Bertz CT molecular complexity index is 468. The fraction of sp³-hybridized carbons (Fsp3) is 0.667. The SMILES string of the molecule is Cc1c(C(=O)OCC(C)C)nnn1CC(C)C(N)=O. The molecule has 0 saturated heterocycles. The number of ether oxygens (including phenoxy) is 1. The summed E-state index contributed by atoms with van der Waals surface area (Å²) in [7, 11) is 0. The third-order valence-corrected chi connectivity index (χ3v) is 2.66. The summed E-state index contributed by atoms with van der Waals surface area (Å²) >= 11 is 0. The Morgan fingerprint density at radius 1 is 1.37 bits per heavy atom. The van der Waals surface area contributed by atoms with Crippen LogP contribution in [0.3, 0.4) is 0 Å². The molecule has 0 aliphatic carbocycles. The summed E-state index contributed by atoms with van der Waals surface area (Å²) in [6, 6.07) is 0. The van der Waals surface area contributed by atoms with Gasteiger partial charge in [-0.05, 0) is 12.8 Å². The van der Waals surface area contributed by atoms with Crippen LogP contribution in [-0.4, -0.2) is 33.5 Å². The number of esters is 1. The van der Waals surface area contributed by atoms with E-state index in [1.165, 1.54) is 4.68 Å². The van der Waals surface area contributed by atoms with Crippen LogP contribution in [-0.2, 0) is 16.1 Å². The summed E-state index contributed by atoms with van der Waals surface area (Å²) in [5.41, 5.74) is 5.94. The van der Waals surface area contributed by atoms with Crippen molar-refractivity contribution in [2.24, 2.45) is 17.6 Å². The summed E-state index contributed by atoms with van der Waals surface area (Å²) in [4.78, 5) is 22.8. The van der Waals surface area contributed by atoms with Gasteiger partial charge >= 0.3 is 5.97 Å². The molecule has 0 spiro atoms. The predicted octanol–water partition coefficient (Wildman–Crippen LogP) is 0.521. The van der Waals surface area contributed by atoms with Gasteiger partial charge in [-0.3, -0.25) is 4.79 Å². The lowest BCUT2D eigenvalue weighted by Crippen LogP contribution is -2.25. The third kappa shape index (κ3) is 4.04. The molecule has 0 bridgehead atoms. The van der Waals surface area contributed by atoms with Gasteiger partial charge in [0.2, 0.25) is 5.91 Å². The van der Waals surface area contributed by atoms with E-state index < -0.39 is 11.9 Å². The molecule has 0 radical (unpaired) electrons. The van der Waals surface area contributed by atoms with Gasteiger partial charge in [-0.15, -0.1) is 5.10 Å². The first-order valence-corrected chi connectivity index (χ1v) is 6.19. The molecule has 0 aliphatic rings. The van der Waals surface area contributed by atoms with Gasteiger partial charge in [0.15, 0.2) is 5.69 Å². The predicted molar refractivity (Wildman–Crippen MR) is 68.2 cm³/mol. The third-order valence-electron chi connectivity index (χ3n) is 2.66. The van der Waals surface area contributed by atoms with Crippen LogP contribution >= 0.6 is 0 Å². The lowest BCUT2D eigenvalue weighted by Gasteiger charge is -2.08. The molecular formula is C12H20N4O3. The molecule has 7 heteroatoms. The fourth-order valence-electron chi connectivity index (χ4n) is 1.38. The van der Waals surface area contributed by atoms with Crippen LogP contribution in [0.5, 0.6) is 0 Å². The van der Waals surface area contributed by atoms with Crippen LogP contribution in [0.2, 0.25) is 0 Å². The number of carbonyl (C=O) groups is 2. The van der Waals surface area contributed by atoms with Gasteiger partial charge in [-0.2, -0.15) is 0 Å². The van der Waals surface area contributed by atoms with Gasteiger partial charge in [0.05, 0.1) is 24.8 Å². The largest absolute Gasteiger partial charge is 0.461 e. The number of hydrogen-bond donors (Lipinski definition) is 1. The second-order valence-corrected chi connectivity index (χ2v) is 5.00. The molecule has 19 heavy (non-hydrogen) atoms. The second kappa shape index (κ2) is 6.31. The van der Waals surface area contributed by atoms with Crippen molar-refractivity contribution >= 4 is 11.9 Å². The first-order valence-electron chi connectivity index (χ1n) is 6.19. The highest BCUT2D eigenvalue weighted by atomic mass is 16.5. The Balaban J connectivity index is 2.75. The zero-order valence-corrected chi connectivity index (χ0v) is 11.7. The molecular weight excluding hydrogens is 248 g/mol. The number of amides is 1. The summed E-state index contributed by atoms with van der Waals surface area (Å²) in [6.07, 6.45) is 0. The van der Waals surface area contributed by atoms with Gasteiger partial charge in [-0.25, -0.2) is 9.48 Å². The highest BCUT2D eigenvalue weighted by Gasteiger charge is 2.20. The quantitative estimate of drug-likeness (QED) is 0.758. The highest BCUT2D eigenvalue weighted by molar-refractivity contribution is 5.88. The average Bonchev–Trinajstić information content (AvgIpc) is 2.68. The van der Waals surface area contributed by atoms with Crippen molar-refractivity contribution in [1.29, 1.82) is 0 Å². The van der Waals surface area contributed by atoms with Crippen molar-refractivity contribution in [1.82, 2.24) is 15.0 Å². The zero-order valence-electron chi connectivity index (χ0n) is 11.7. The summed E-state index contributed by atoms with van der Waals surface area (Å²) < 4.78 is 6.58. The van der Waals surface area contributed by atoms with Crippen molar-refractivity contribution in [3.63, 3.8) is 0 Å². The number of carbonyl (C=O) groups excluding carboxylic acids is 2. The van der Waals surface area contributed by atoms with Crippen molar-refractivity contribution in [3.05, 3.63) is 11.4 Å². The van der Waals surface area contributed by atoms with E-state index in [-0.39, 0.29) is 17.5 Å². The molecule has 1 rings (SSSR count). The maximum absolute atomic E-state index is 11.8. The molecule has 1 heterocycles. The number of primary amides is 1. The van der Waals surface area contributed by atoms with E-state index in [1.807, 2.05) is 13.8 Å². The van der Waals surface area contributed by atoms with Crippen LogP contribution in [0.15, 0.2) is 0 Å². The number of aromatic nitrogens is 3. The molecule has 7 nitrogen and oxygen atoms in total. The van der Waals surface area contributed by atoms with Crippen LogP contribution < -0.4 is 5.73 Å². The minimum atomic E-state index is -0.496. The van der Waals surface area contributed by atoms with Crippen molar-refractivity contribution < 1.29 is 14.3 Å². The number of nitrogens with two attached hydrogens (primary N) is 1. The molecule has 1 atom stereocenters. The van der Waals surface area contributed by atoms with Crippen molar-refractivity contribution in [2.45, 2.75) is 34.2 Å². The first kappa shape index (κ1) is 15.1. The standard InChI is InChI=1S/C12H20N4O3/c1-7(2)6-19-12(18)10-9(4)16(15-14-10)5-8(3)11(13)17/h7-8H,5-6H2,1-4H3,(H2,13,17). The second-order valence-electron chi connectivity index (χ2n) is 5.00. The van der Waals surface area contributed by atoms with E-state index >= 15 is 0 Å². The number of rotatable bonds is 6. The molecule has 1 aromatic rings. The average molecular weight is 268 g/mol. The van der Waals surface area contributed by atoms with Gasteiger partial charge < -0.3 is 10.5 Å². The van der Waals surface area contributed by atoms with E-state index in [0.717, 1.165) is 0 Å². The Morgan fingerprint density at radius 3 is 2.53 bits per heavy atom. The molecule has 0 saturated carbocycles. The first-order chi connectivity index (χ1) is 8.82. The van der Waals surface area contributed by atoms with Gasteiger partial charge in [0.1, 0.15) is 0 Å². The normalized spacial score (nSPS) is 12.5. The van der Waals surface area contributed by atoms with E-state index in [0.29, 0.717) is 18.8 Å². The van der Waals surface area contributed by atoms with Crippen LogP contribution in [0, 0.1) is 18.8 Å². The Labute approximate surface area is 112 Å². The molecule has 0 aromatic carbocycles. The molecule has 1 amide bonds. The topological polar surface area (TPSA) is 100 Å². The van der Waals surface area contributed by atoms with E-state index in [4.69, 9.17) is 10.5 Å². The lowest BCUT2D eigenvalue weighted by molar-refractivity contribution is -0.121. The Kier molecular flexibility index (Phi) is 5.02. The molecule has 106 valence electrons. The lowest BCUT2D eigenvalue weighted by atomic mass is 10.1. The molecule has 1 aromatic heterocycles.